The van der Waals surface area contributed by atoms with Crippen LogP contribution in [0.25, 0.3) is 0 Å². The van der Waals surface area contributed by atoms with Crippen molar-refractivity contribution < 1.29 is 0 Å². The SMILES string of the molecule is CN1CCc2cnccc2N1C. The van der Waals surface area contributed by atoms with E-state index in [1.165, 1.54) is 11.3 Å². The Hall–Kier alpha value is -1.09. The molecule has 0 radical (unpaired) electrons. The van der Waals surface area contributed by atoms with Crippen molar-refractivity contribution in [1.29, 1.82) is 0 Å². The Morgan fingerprint density at radius 2 is 2.25 bits per heavy atom. The van der Waals surface area contributed by atoms with Crippen LogP contribution in [0.4, 0.5) is 5.69 Å². The highest BCUT2D eigenvalue weighted by atomic mass is 15.6. The molecule has 0 N–H and O–H groups in total. The Morgan fingerprint density at radius 3 is 3.08 bits per heavy atom. The van der Waals surface area contributed by atoms with E-state index in [0.717, 1.165) is 13.0 Å². The first-order chi connectivity index (χ1) is 5.79. The molecule has 1 aromatic rings. The van der Waals surface area contributed by atoms with Gasteiger partial charge in [0.1, 0.15) is 0 Å². The third-order valence-corrected chi connectivity index (χ3v) is 2.44. The van der Waals surface area contributed by atoms with Crippen LogP contribution in [0.3, 0.4) is 0 Å². The molecule has 0 atom stereocenters. The van der Waals surface area contributed by atoms with E-state index < -0.39 is 0 Å². The highest BCUT2D eigenvalue weighted by Crippen LogP contribution is 2.23. The lowest BCUT2D eigenvalue weighted by atomic mass is 10.1. The number of anilines is 1. The summed E-state index contributed by atoms with van der Waals surface area (Å²) in [5.41, 5.74) is 2.62. The minimum atomic E-state index is 1.08. The van der Waals surface area contributed by atoms with E-state index in [-0.39, 0.29) is 0 Å². The molecule has 0 saturated carbocycles. The average Bonchev–Trinajstić information content (AvgIpc) is 2.12. The lowest BCUT2D eigenvalue weighted by molar-refractivity contribution is 0.313. The van der Waals surface area contributed by atoms with Gasteiger partial charge in [0.05, 0.1) is 5.69 Å². The molecule has 12 heavy (non-hydrogen) atoms. The van der Waals surface area contributed by atoms with Gasteiger partial charge in [-0.1, -0.05) is 0 Å². The minimum Gasteiger partial charge on any atom is -0.309 e. The number of nitrogens with zero attached hydrogens (tertiary/aromatic N) is 3. The molecule has 1 aliphatic rings. The number of pyridine rings is 1. The van der Waals surface area contributed by atoms with E-state index in [0.29, 0.717) is 0 Å². The fourth-order valence-electron chi connectivity index (χ4n) is 1.54. The molecule has 0 aromatic carbocycles. The first kappa shape index (κ1) is 7.55. The van der Waals surface area contributed by atoms with Gasteiger partial charge in [-0.25, -0.2) is 5.01 Å². The monoisotopic (exact) mass is 163 g/mol. The van der Waals surface area contributed by atoms with Crippen LogP contribution in [0, 0.1) is 0 Å². The van der Waals surface area contributed by atoms with Gasteiger partial charge >= 0.3 is 0 Å². The van der Waals surface area contributed by atoms with Crippen LogP contribution >= 0.6 is 0 Å². The lowest BCUT2D eigenvalue weighted by Crippen LogP contribution is -2.41. The minimum absolute atomic E-state index is 1.08. The predicted octanol–water partition coefficient (Wildman–Crippen LogP) is 0.921. The number of hydrazine groups is 1. The molecular formula is C9H13N3. The van der Waals surface area contributed by atoms with Gasteiger partial charge in [0, 0.05) is 33.0 Å². The second-order valence-electron chi connectivity index (χ2n) is 3.16. The van der Waals surface area contributed by atoms with Crippen molar-refractivity contribution in [3.05, 3.63) is 24.0 Å². The van der Waals surface area contributed by atoms with Gasteiger partial charge in [0.2, 0.25) is 0 Å². The molecule has 0 bridgehead atoms. The maximum absolute atomic E-state index is 4.11. The summed E-state index contributed by atoms with van der Waals surface area (Å²) in [6.07, 6.45) is 4.90. The summed E-state index contributed by atoms with van der Waals surface area (Å²) >= 11 is 0. The van der Waals surface area contributed by atoms with Crippen molar-refractivity contribution in [2.45, 2.75) is 6.42 Å². The zero-order valence-electron chi connectivity index (χ0n) is 7.49. The van der Waals surface area contributed by atoms with E-state index in [1.54, 1.807) is 0 Å². The summed E-state index contributed by atoms with van der Waals surface area (Å²) in [5, 5.41) is 4.38. The molecule has 64 valence electrons. The van der Waals surface area contributed by atoms with Crippen molar-refractivity contribution in [2.24, 2.45) is 0 Å². The first-order valence-electron chi connectivity index (χ1n) is 4.16. The fraction of sp³-hybridized carbons (Fsp3) is 0.444. The average molecular weight is 163 g/mol. The van der Waals surface area contributed by atoms with Crippen molar-refractivity contribution in [1.82, 2.24) is 9.99 Å². The molecule has 2 heterocycles. The molecule has 0 unspecified atom stereocenters. The van der Waals surface area contributed by atoms with Crippen molar-refractivity contribution in [2.75, 3.05) is 25.6 Å². The van der Waals surface area contributed by atoms with Gasteiger partial charge in [-0.15, -0.1) is 0 Å². The number of fused-ring (bicyclic) bond motifs is 1. The largest absolute Gasteiger partial charge is 0.309 e. The lowest BCUT2D eigenvalue weighted by Gasteiger charge is -2.35. The third-order valence-electron chi connectivity index (χ3n) is 2.44. The van der Waals surface area contributed by atoms with E-state index in [9.17, 15) is 0 Å². The molecule has 0 spiro atoms. The third kappa shape index (κ3) is 1.06. The van der Waals surface area contributed by atoms with Crippen LogP contribution in [0.5, 0.6) is 0 Å². The highest BCUT2D eigenvalue weighted by Gasteiger charge is 2.16. The number of hydrogen-bond acceptors (Lipinski definition) is 3. The number of rotatable bonds is 0. The quantitative estimate of drug-likeness (QED) is 0.567. The van der Waals surface area contributed by atoms with Gasteiger partial charge in [-0.2, -0.15) is 0 Å². The Bertz CT molecular complexity index is 285. The molecule has 1 aliphatic heterocycles. The molecular weight excluding hydrogens is 150 g/mol. The van der Waals surface area contributed by atoms with Gasteiger partial charge in [-0.05, 0) is 18.1 Å². The van der Waals surface area contributed by atoms with E-state index in [4.69, 9.17) is 0 Å². The predicted molar refractivity (Wildman–Crippen MR) is 49.0 cm³/mol. The van der Waals surface area contributed by atoms with Gasteiger partial charge < -0.3 is 5.01 Å². The molecule has 3 heteroatoms. The summed E-state index contributed by atoms with van der Waals surface area (Å²) in [5.74, 6) is 0. The Kier molecular flexibility index (Phi) is 1.73. The molecule has 2 rings (SSSR count). The zero-order valence-corrected chi connectivity index (χ0v) is 7.49. The maximum Gasteiger partial charge on any atom is 0.0581 e. The van der Waals surface area contributed by atoms with Crippen LogP contribution in [-0.4, -0.2) is 30.6 Å². The fourth-order valence-corrected chi connectivity index (χ4v) is 1.54. The summed E-state index contributed by atoms with van der Waals surface area (Å²) < 4.78 is 0. The van der Waals surface area contributed by atoms with Crippen LogP contribution in [0.2, 0.25) is 0 Å². The number of likely N-dealkylation sites (N-methyl/N-ethyl adjacent to an activating group) is 1. The topological polar surface area (TPSA) is 19.4 Å². The van der Waals surface area contributed by atoms with Gasteiger partial charge in [0.25, 0.3) is 0 Å². The van der Waals surface area contributed by atoms with Gasteiger partial charge in [0.15, 0.2) is 0 Å². The molecule has 3 nitrogen and oxygen atoms in total. The van der Waals surface area contributed by atoms with Crippen LogP contribution in [-0.2, 0) is 6.42 Å². The highest BCUT2D eigenvalue weighted by molar-refractivity contribution is 5.52. The molecule has 0 fully saturated rings. The Morgan fingerprint density at radius 1 is 1.42 bits per heavy atom. The van der Waals surface area contributed by atoms with Crippen LogP contribution in [0.15, 0.2) is 18.5 Å². The molecule has 0 saturated heterocycles. The van der Waals surface area contributed by atoms with E-state index in [1.807, 2.05) is 12.4 Å². The Balaban J connectivity index is 2.42. The summed E-state index contributed by atoms with van der Waals surface area (Å²) in [7, 11) is 4.18. The smallest absolute Gasteiger partial charge is 0.0581 e. The molecule has 1 aromatic heterocycles. The first-order valence-corrected chi connectivity index (χ1v) is 4.16. The van der Waals surface area contributed by atoms with Crippen molar-refractivity contribution in [3.63, 3.8) is 0 Å². The Labute approximate surface area is 72.6 Å². The van der Waals surface area contributed by atoms with E-state index >= 15 is 0 Å². The van der Waals surface area contributed by atoms with Gasteiger partial charge in [-0.3, -0.25) is 4.98 Å². The second kappa shape index (κ2) is 2.75. The molecule has 0 amide bonds. The molecule has 0 aliphatic carbocycles. The summed E-state index contributed by atoms with van der Waals surface area (Å²) in [6.45, 7) is 1.08. The summed E-state index contributed by atoms with van der Waals surface area (Å²) in [6, 6.07) is 2.06. The summed E-state index contributed by atoms with van der Waals surface area (Å²) in [4.78, 5) is 4.11. The van der Waals surface area contributed by atoms with Crippen LogP contribution < -0.4 is 5.01 Å². The standard InChI is InChI=1S/C9H13N3/c1-11-6-4-8-7-10-5-3-9(8)12(11)2/h3,5,7H,4,6H2,1-2H3. The maximum atomic E-state index is 4.11. The van der Waals surface area contributed by atoms with E-state index in [2.05, 4.69) is 35.2 Å². The van der Waals surface area contributed by atoms with Crippen molar-refractivity contribution >= 4 is 5.69 Å². The normalized spacial score (nSPS) is 17.7. The van der Waals surface area contributed by atoms with Crippen LogP contribution in [0.1, 0.15) is 5.56 Å². The number of hydrogen-bond donors (Lipinski definition) is 0. The zero-order chi connectivity index (χ0) is 8.55. The second-order valence-corrected chi connectivity index (χ2v) is 3.16. The van der Waals surface area contributed by atoms with Crippen molar-refractivity contribution in [3.8, 4) is 0 Å². The number of aromatic nitrogens is 1.